The summed E-state index contributed by atoms with van der Waals surface area (Å²) in [6.07, 6.45) is -0.694. The van der Waals surface area contributed by atoms with Gasteiger partial charge in [-0.2, -0.15) is 0 Å². The summed E-state index contributed by atoms with van der Waals surface area (Å²) in [5, 5.41) is 2.07. The molecule has 1 atom stereocenters. The molecule has 1 fully saturated rings. The molecule has 8 nitrogen and oxygen atoms in total. The van der Waals surface area contributed by atoms with Crippen molar-refractivity contribution in [1.82, 2.24) is 10.2 Å². The maximum atomic E-state index is 11.6. The minimum absolute atomic E-state index is 0.0652. The Bertz CT molecular complexity index is 379. The summed E-state index contributed by atoms with van der Waals surface area (Å²) in [6, 6.07) is -0.729. The zero-order valence-electron chi connectivity index (χ0n) is 10.8. The molecule has 19 heavy (non-hydrogen) atoms. The molecule has 1 saturated heterocycles. The van der Waals surface area contributed by atoms with Gasteiger partial charge in [-0.1, -0.05) is 0 Å². The molecule has 0 aliphatic carbocycles. The monoisotopic (exact) mass is 460 g/mol. The number of carbonyl (C=O) groups is 4. The summed E-state index contributed by atoms with van der Waals surface area (Å²) in [5.41, 5.74) is 0. The van der Waals surface area contributed by atoms with Crippen LogP contribution in [0.5, 0.6) is 0 Å². The van der Waals surface area contributed by atoms with Crippen LogP contribution >= 0.6 is 0 Å². The summed E-state index contributed by atoms with van der Waals surface area (Å²) in [5.74, 6) is -1.45. The van der Waals surface area contributed by atoms with E-state index in [-0.39, 0.29) is 25.0 Å². The van der Waals surface area contributed by atoms with Crippen molar-refractivity contribution in [3.05, 3.63) is 0 Å². The van der Waals surface area contributed by atoms with Crippen molar-refractivity contribution in [2.45, 2.75) is 23.4 Å². The van der Waals surface area contributed by atoms with E-state index in [1.54, 1.807) is 0 Å². The van der Waals surface area contributed by atoms with E-state index in [1.807, 2.05) is 0 Å². The van der Waals surface area contributed by atoms with Crippen LogP contribution in [-0.4, -0.2) is 48.5 Å². The molecule has 0 aromatic rings. The molecule has 4 amide bonds. The van der Waals surface area contributed by atoms with E-state index in [1.165, 1.54) is 14.0 Å². The summed E-state index contributed by atoms with van der Waals surface area (Å²) in [4.78, 5) is 45.7. The van der Waals surface area contributed by atoms with Gasteiger partial charge < -0.3 is 0 Å². The summed E-state index contributed by atoms with van der Waals surface area (Å²) in [6.45, 7) is 1.41. The summed E-state index contributed by atoms with van der Waals surface area (Å²) in [7, 11) is 1.46. The fourth-order valence-electron chi connectivity index (χ4n) is 1.58. The SMILES string of the molecule is COC([CH2][Hg][O]C(C)=O)CN1C(=O)CC(=O)NC1=O. The van der Waals surface area contributed by atoms with Crippen LogP contribution in [0.3, 0.4) is 0 Å². The first-order valence-corrected chi connectivity index (χ1v) is 11.9. The number of urea groups is 1. The number of imide groups is 2. The number of ether oxygens (including phenoxy) is 1. The van der Waals surface area contributed by atoms with Gasteiger partial charge in [0.25, 0.3) is 0 Å². The third kappa shape index (κ3) is 5.23. The Hall–Kier alpha value is -1.02. The van der Waals surface area contributed by atoms with Crippen molar-refractivity contribution >= 4 is 23.8 Å². The Kier molecular flexibility index (Phi) is 6.36. The molecule has 1 N–H and O–H groups in total. The van der Waals surface area contributed by atoms with Crippen LogP contribution in [0.15, 0.2) is 0 Å². The molecule has 0 spiro atoms. The van der Waals surface area contributed by atoms with E-state index >= 15 is 0 Å². The van der Waals surface area contributed by atoms with Gasteiger partial charge in [0.1, 0.15) is 0 Å². The van der Waals surface area contributed by atoms with Crippen molar-refractivity contribution in [3.63, 3.8) is 0 Å². The van der Waals surface area contributed by atoms with Crippen LogP contribution < -0.4 is 5.32 Å². The van der Waals surface area contributed by atoms with Crippen LogP contribution in [0.4, 0.5) is 4.79 Å². The third-order valence-corrected chi connectivity index (χ3v) is 8.36. The van der Waals surface area contributed by atoms with Gasteiger partial charge in [-0.15, -0.1) is 0 Å². The zero-order chi connectivity index (χ0) is 14.4. The summed E-state index contributed by atoms with van der Waals surface area (Å²) >= 11 is -1.84. The number of nitrogens with zero attached hydrogens (tertiary/aromatic N) is 1. The fourth-order valence-corrected chi connectivity index (χ4v) is 5.81. The molecule has 1 aliphatic heterocycles. The van der Waals surface area contributed by atoms with Gasteiger partial charge in [0.15, 0.2) is 0 Å². The second kappa shape index (κ2) is 7.54. The average molecular weight is 459 g/mol. The Morgan fingerprint density at radius 2 is 2.16 bits per heavy atom. The third-order valence-electron chi connectivity index (χ3n) is 2.57. The predicted octanol–water partition coefficient (Wildman–Crippen LogP) is -0.551. The van der Waals surface area contributed by atoms with Gasteiger partial charge in [0.05, 0.1) is 0 Å². The van der Waals surface area contributed by atoms with Gasteiger partial charge in [-0.05, 0) is 0 Å². The molecule has 1 unspecified atom stereocenters. The number of rotatable bonds is 6. The van der Waals surface area contributed by atoms with E-state index < -0.39 is 42.9 Å². The molecule has 0 aromatic heterocycles. The second-order valence-corrected chi connectivity index (χ2v) is 8.97. The molecule has 1 rings (SSSR count). The first-order valence-electron chi connectivity index (χ1n) is 5.74. The van der Waals surface area contributed by atoms with Gasteiger partial charge in [-0.3, -0.25) is 0 Å². The molecule has 1 aliphatic rings. The van der Waals surface area contributed by atoms with E-state index in [9.17, 15) is 19.2 Å². The van der Waals surface area contributed by atoms with Crippen molar-refractivity contribution in [3.8, 4) is 0 Å². The number of amides is 4. The molecule has 9 heteroatoms. The molecule has 1 heterocycles. The van der Waals surface area contributed by atoms with Crippen molar-refractivity contribution in [2.75, 3.05) is 13.7 Å². The van der Waals surface area contributed by atoms with Crippen LogP contribution in [-0.2, 0) is 46.8 Å². The normalized spacial score (nSPS) is 16.7. The fraction of sp³-hybridized carbons (Fsp3) is 0.600. The molecular weight excluding hydrogens is 445 g/mol. The van der Waals surface area contributed by atoms with E-state index in [4.69, 9.17) is 7.38 Å². The quantitative estimate of drug-likeness (QED) is 0.423. The number of methoxy groups -OCH3 is 1. The Balaban J connectivity index is 2.50. The number of hydrogen-bond donors (Lipinski definition) is 1. The number of carbonyl (C=O) groups excluding carboxylic acids is 4. The molecule has 0 radical (unpaired) electrons. The number of nitrogens with one attached hydrogen (secondary N) is 1. The first kappa shape index (κ1) is 16.0. The standard InChI is InChI=1S/C8H11N2O4.C2H4O2.Hg/c1-5(14-2)4-10-7(12)3-6(11)9-8(10)13;1-2(3)4;/h5H,1,3-4H2,2H3,(H,9,11,13);1H3,(H,3,4);/q;;+1/p-1. The second-order valence-electron chi connectivity index (χ2n) is 4.02. The van der Waals surface area contributed by atoms with E-state index in [0.717, 1.165) is 4.90 Å². The van der Waals surface area contributed by atoms with Gasteiger partial charge in [0.2, 0.25) is 0 Å². The average Bonchev–Trinajstić information content (AvgIpc) is 2.30. The molecule has 0 aromatic carbocycles. The van der Waals surface area contributed by atoms with Gasteiger partial charge in [0, 0.05) is 0 Å². The van der Waals surface area contributed by atoms with Gasteiger partial charge in [-0.25, -0.2) is 0 Å². The van der Waals surface area contributed by atoms with E-state index in [2.05, 4.69) is 5.32 Å². The van der Waals surface area contributed by atoms with Crippen molar-refractivity contribution in [1.29, 1.82) is 0 Å². The Morgan fingerprint density at radius 1 is 1.47 bits per heavy atom. The maximum absolute atomic E-state index is 11.6. The Labute approximate surface area is 122 Å². The van der Waals surface area contributed by atoms with Crippen LogP contribution in [0.25, 0.3) is 0 Å². The van der Waals surface area contributed by atoms with Crippen LogP contribution in [0, 0.1) is 0 Å². The van der Waals surface area contributed by atoms with E-state index in [0.29, 0.717) is 3.93 Å². The minimum atomic E-state index is -1.84. The van der Waals surface area contributed by atoms with Crippen LogP contribution in [0.1, 0.15) is 13.3 Å². The number of barbiturate groups is 1. The zero-order valence-corrected chi connectivity index (χ0v) is 16.3. The predicted molar refractivity (Wildman–Crippen MR) is 57.2 cm³/mol. The number of hydrogen-bond acceptors (Lipinski definition) is 6. The molecular formula is C10H14HgN2O6. The topological polar surface area (TPSA) is 102 Å². The van der Waals surface area contributed by atoms with Crippen molar-refractivity contribution < 1.29 is 51.6 Å². The summed E-state index contributed by atoms with van der Waals surface area (Å²) < 4.78 is 10.7. The first-order chi connectivity index (χ1) is 8.93. The molecule has 0 bridgehead atoms. The molecule has 102 valence electrons. The van der Waals surface area contributed by atoms with Crippen molar-refractivity contribution in [2.24, 2.45) is 0 Å². The molecule has 0 saturated carbocycles. The Morgan fingerprint density at radius 3 is 2.68 bits per heavy atom. The van der Waals surface area contributed by atoms with Crippen LogP contribution in [0.2, 0.25) is 3.93 Å². The van der Waals surface area contributed by atoms with Gasteiger partial charge >= 0.3 is 123 Å².